The second kappa shape index (κ2) is 10.0. The maximum absolute atomic E-state index is 14.7. The molecule has 1 atom stereocenters. The molecule has 2 aromatic carbocycles. The van der Waals surface area contributed by atoms with E-state index < -0.39 is 38.9 Å². The summed E-state index contributed by atoms with van der Waals surface area (Å²) in [5.74, 6) is -1.83. The van der Waals surface area contributed by atoms with Gasteiger partial charge in [-0.2, -0.15) is 5.10 Å². The van der Waals surface area contributed by atoms with E-state index in [0.717, 1.165) is 10.9 Å². The number of hydrogen-bond donors (Lipinski definition) is 2. The molecule has 2 N–H and O–H groups in total. The summed E-state index contributed by atoms with van der Waals surface area (Å²) in [5.41, 5.74) is 1.18. The molecule has 1 unspecified atom stereocenters. The Hall–Kier alpha value is -3.27. The van der Waals surface area contributed by atoms with Crippen molar-refractivity contribution in [1.82, 2.24) is 15.1 Å². The van der Waals surface area contributed by atoms with Crippen LogP contribution >= 0.6 is 0 Å². The van der Waals surface area contributed by atoms with Crippen LogP contribution in [0.2, 0.25) is 0 Å². The third-order valence-electron chi connectivity index (χ3n) is 6.56. The van der Waals surface area contributed by atoms with Gasteiger partial charge in [-0.05, 0) is 47.9 Å². The first-order valence-electron chi connectivity index (χ1n) is 11.9. The Bertz CT molecular complexity index is 1380. The van der Waals surface area contributed by atoms with E-state index in [1.807, 2.05) is 45.0 Å². The molecule has 1 fully saturated rings. The van der Waals surface area contributed by atoms with Crippen molar-refractivity contribution in [1.29, 1.82) is 0 Å². The molecule has 0 radical (unpaired) electrons. The number of benzene rings is 2. The minimum absolute atomic E-state index is 0.0456. The van der Waals surface area contributed by atoms with Crippen molar-refractivity contribution in [2.75, 3.05) is 16.8 Å². The average molecular weight is 515 g/mol. The molecule has 2 amide bonds. The number of aromatic nitrogens is 2. The van der Waals surface area contributed by atoms with Gasteiger partial charge in [0.2, 0.25) is 11.8 Å². The zero-order valence-corrected chi connectivity index (χ0v) is 21.4. The molecule has 1 saturated heterocycles. The van der Waals surface area contributed by atoms with Crippen LogP contribution in [0.25, 0.3) is 10.9 Å². The Morgan fingerprint density at radius 2 is 1.83 bits per heavy atom. The van der Waals surface area contributed by atoms with E-state index in [4.69, 9.17) is 0 Å². The first-order valence-corrected chi connectivity index (χ1v) is 13.8. The van der Waals surface area contributed by atoms with Crippen molar-refractivity contribution in [2.45, 2.75) is 51.6 Å². The van der Waals surface area contributed by atoms with Crippen LogP contribution in [0.15, 0.2) is 48.7 Å². The zero-order chi connectivity index (χ0) is 26.1. The van der Waals surface area contributed by atoms with Crippen molar-refractivity contribution < 1.29 is 22.4 Å². The minimum Gasteiger partial charge on any atom is -0.342 e. The lowest BCUT2D eigenvalue weighted by Gasteiger charge is -2.30. The number of sulfone groups is 1. The highest BCUT2D eigenvalue weighted by Crippen LogP contribution is 2.28. The van der Waals surface area contributed by atoms with Crippen molar-refractivity contribution in [3.05, 3.63) is 60.0 Å². The second-order valence-corrected chi connectivity index (χ2v) is 12.6. The van der Waals surface area contributed by atoms with Gasteiger partial charge in [-0.25, -0.2) is 12.8 Å². The third-order valence-corrected chi connectivity index (χ3v) is 8.27. The van der Waals surface area contributed by atoms with Crippen LogP contribution in [0.4, 0.5) is 10.1 Å². The summed E-state index contributed by atoms with van der Waals surface area (Å²) in [5, 5.41) is 10.6. The van der Waals surface area contributed by atoms with Crippen LogP contribution in [-0.2, 0) is 31.4 Å². The number of nitrogens with one attached hydrogen (secondary N) is 2. The zero-order valence-electron chi connectivity index (χ0n) is 20.6. The monoisotopic (exact) mass is 514 g/mol. The number of nitrogens with zero attached hydrogens (tertiary/aromatic N) is 2. The molecular weight excluding hydrogens is 483 g/mol. The van der Waals surface area contributed by atoms with E-state index in [1.165, 1.54) is 6.07 Å². The van der Waals surface area contributed by atoms with E-state index in [2.05, 4.69) is 15.7 Å². The molecule has 10 heteroatoms. The van der Waals surface area contributed by atoms with Crippen LogP contribution in [0, 0.1) is 11.7 Å². The third kappa shape index (κ3) is 5.92. The van der Waals surface area contributed by atoms with Crippen LogP contribution < -0.4 is 10.6 Å². The van der Waals surface area contributed by atoms with Gasteiger partial charge in [-0.3, -0.25) is 14.3 Å². The predicted octanol–water partition coefficient (Wildman–Crippen LogP) is 3.42. The number of fused-ring (bicyclic) bond motifs is 1. The highest BCUT2D eigenvalue weighted by atomic mass is 32.2. The number of para-hydroxylation sites is 1. The predicted molar refractivity (Wildman–Crippen MR) is 137 cm³/mol. The normalized spacial score (nSPS) is 17.0. The summed E-state index contributed by atoms with van der Waals surface area (Å²) in [6.07, 6.45) is 2.17. The van der Waals surface area contributed by atoms with Gasteiger partial charge in [0.25, 0.3) is 0 Å². The summed E-state index contributed by atoms with van der Waals surface area (Å²) in [7, 11) is -3.16. The first-order chi connectivity index (χ1) is 16.9. The number of amides is 2. The van der Waals surface area contributed by atoms with Crippen molar-refractivity contribution in [3.63, 3.8) is 0 Å². The van der Waals surface area contributed by atoms with Crippen LogP contribution in [-0.4, -0.2) is 47.6 Å². The van der Waals surface area contributed by atoms with Gasteiger partial charge in [0, 0.05) is 11.1 Å². The topological polar surface area (TPSA) is 110 Å². The van der Waals surface area contributed by atoms with Crippen molar-refractivity contribution >= 4 is 38.2 Å². The fourth-order valence-electron chi connectivity index (χ4n) is 4.57. The van der Waals surface area contributed by atoms with Gasteiger partial charge >= 0.3 is 0 Å². The highest BCUT2D eigenvalue weighted by Gasteiger charge is 2.35. The summed E-state index contributed by atoms with van der Waals surface area (Å²) in [6.45, 7) is 5.59. The smallest absolute Gasteiger partial charge is 0.247 e. The number of rotatable bonds is 6. The Labute approximate surface area is 210 Å². The van der Waals surface area contributed by atoms with Gasteiger partial charge in [-0.1, -0.05) is 45.0 Å². The second-order valence-electron chi connectivity index (χ2n) is 10.3. The molecule has 0 saturated carbocycles. The van der Waals surface area contributed by atoms with Gasteiger partial charge in [0.05, 0.1) is 23.2 Å². The Morgan fingerprint density at radius 1 is 1.14 bits per heavy atom. The van der Waals surface area contributed by atoms with E-state index in [-0.39, 0.29) is 42.5 Å². The minimum atomic E-state index is -3.16. The highest BCUT2D eigenvalue weighted by molar-refractivity contribution is 7.91. The van der Waals surface area contributed by atoms with Gasteiger partial charge in [0.1, 0.15) is 28.2 Å². The molecule has 0 aliphatic carbocycles. The van der Waals surface area contributed by atoms with E-state index >= 15 is 0 Å². The number of halogens is 1. The van der Waals surface area contributed by atoms with Gasteiger partial charge in [-0.15, -0.1) is 0 Å². The molecule has 0 spiro atoms. The largest absolute Gasteiger partial charge is 0.342 e. The first kappa shape index (κ1) is 25.8. The molecule has 36 heavy (non-hydrogen) atoms. The fraction of sp³-hybridized carbons (Fsp3) is 0.423. The number of carbonyl (C=O) groups excluding carboxylic acids is 2. The van der Waals surface area contributed by atoms with Crippen LogP contribution in [0.1, 0.15) is 39.2 Å². The van der Waals surface area contributed by atoms with Gasteiger partial charge < -0.3 is 10.6 Å². The van der Waals surface area contributed by atoms with E-state index in [1.54, 1.807) is 23.0 Å². The summed E-state index contributed by atoms with van der Waals surface area (Å²) >= 11 is 0. The summed E-state index contributed by atoms with van der Waals surface area (Å²) < 4.78 is 40.1. The number of anilines is 1. The lowest BCUT2D eigenvalue weighted by molar-refractivity contribution is -0.128. The Morgan fingerprint density at radius 3 is 2.50 bits per heavy atom. The SMILES string of the molecule is CC(C)(C)c1ccc(NC(=O)C(NC(=O)Cn2ncc3ccccc32)C2CCS(=O)(=O)CC2)cc1F. The van der Waals surface area contributed by atoms with Crippen LogP contribution in [0.5, 0.6) is 0 Å². The Balaban J connectivity index is 1.52. The molecule has 4 rings (SSSR count). The lowest BCUT2D eigenvalue weighted by Crippen LogP contribution is -2.51. The summed E-state index contributed by atoms with van der Waals surface area (Å²) in [6, 6.07) is 11.0. The molecule has 2 heterocycles. The molecule has 0 bridgehead atoms. The number of hydrogen-bond acceptors (Lipinski definition) is 5. The molecule has 8 nitrogen and oxygen atoms in total. The lowest BCUT2D eigenvalue weighted by atomic mass is 9.86. The van der Waals surface area contributed by atoms with Gasteiger partial charge in [0.15, 0.2) is 0 Å². The average Bonchev–Trinajstić information content (AvgIpc) is 3.19. The molecular formula is C26H31FN4O4S. The molecule has 1 aliphatic rings. The van der Waals surface area contributed by atoms with E-state index in [9.17, 15) is 22.4 Å². The summed E-state index contributed by atoms with van der Waals surface area (Å²) in [4.78, 5) is 26.3. The number of carbonyl (C=O) groups is 2. The molecule has 3 aromatic rings. The standard InChI is InChI=1S/C26H31FN4O4S/c1-26(2,3)20-9-8-19(14-21(20)27)29-25(33)24(17-10-12-36(34,35)13-11-17)30-23(32)16-31-22-7-5-4-6-18(22)15-28-31/h4-9,14-15,17,24H,10-13,16H2,1-3H3,(H,29,33)(H,30,32). The molecule has 192 valence electrons. The quantitative estimate of drug-likeness (QED) is 0.524. The fourth-order valence-corrected chi connectivity index (χ4v) is 6.10. The Kier molecular flexibility index (Phi) is 7.17. The van der Waals surface area contributed by atoms with E-state index in [0.29, 0.717) is 5.56 Å². The molecule has 1 aliphatic heterocycles. The van der Waals surface area contributed by atoms with Crippen molar-refractivity contribution in [2.24, 2.45) is 5.92 Å². The van der Waals surface area contributed by atoms with Crippen molar-refractivity contribution in [3.8, 4) is 0 Å². The van der Waals surface area contributed by atoms with Crippen LogP contribution in [0.3, 0.4) is 0 Å². The maximum atomic E-state index is 14.7. The maximum Gasteiger partial charge on any atom is 0.247 e. The molecule has 1 aromatic heterocycles.